The van der Waals surface area contributed by atoms with Gasteiger partial charge in [-0.25, -0.2) is 0 Å². The number of rotatable bonds is 4. The molecule has 0 aliphatic rings. The molecule has 132 valence electrons. The molecule has 3 aromatic rings. The van der Waals surface area contributed by atoms with E-state index >= 15 is 0 Å². The Labute approximate surface area is 150 Å². The maximum absolute atomic E-state index is 12.2. The number of nitrogens with zero attached hydrogens (tertiary/aromatic N) is 2. The summed E-state index contributed by atoms with van der Waals surface area (Å²) in [4.78, 5) is 23.4. The topological polar surface area (TPSA) is 74.4 Å². The summed E-state index contributed by atoms with van der Waals surface area (Å²) in [5.74, 6) is 0.298. The predicted molar refractivity (Wildman–Crippen MR) is 103 cm³/mol. The van der Waals surface area contributed by atoms with Gasteiger partial charge in [-0.2, -0.15) is 0 Å². The largest absolute Gasteiger partial charge is 0.494 e. The van der Waals surface area contributed by atoms with Crippen LogP contribution in [-0.4, -0.2) is 16.6 Å². The second-order valence-corrected chi connectivity index (χ2v) is 5.96. The minimum absolute atomic E-state index is 0.0664. The van der Waals surface area contributed by atoms with Crippen molar-refractivity contribution >= 4 is 28.7 Å². The van der Waals surface area contributed by atoms with Gasteiger partial charge in [0.1, 0.15) is 5.75 Å². The van der Waals surface area contributed by atoms with E-state index in [-0.39, 0.29) is 11.2 Å². The maximum atomic E-state index is 12.2. The molecular weight excluding hydrogens is 332 g/mol. The molecule has 3 rings (SSSR count). The maximum Gasteiger partial charge on any atom is 0.281 e. The number of methoxy groups -OCH3 is 1. The molecule has 0 saturated carbocycles. The van der Waals surface area contributed by atoms with E-state index in [0.29, 0.717) is 27.8 Å². The number of nitro groups is 1. The van der Waals surface area contributed by atoms with Crippen molar-refractivity contribution in [3.8, 4) is 5.75 Å². The van der Waals surface area contributed by atoms with Gasteiger partial charge < -0.3 is 9.30 Å². The van der Waals surface area contributed by atoms with Gasteiger partial charge in [-0.3, -0.25) is 14.9 Å². The summed E-state index contributed by atoms with van der Waals surface area (Å²) in [5.41, 5.74) is 2.31. The monoisotopic (exact) mass is 350 g/mol. The van der Waals surface area contributed by atoms with Gasteiger partial charge >= 0.3 is 0 Å². The number of ether oxygens (including phenoxy) is 1. The van der Waals surface area contributed by atoms with Crippen LogP contribution in [0.15, 0.2) is 47.3 Å². The highest BCUT2D eigenvalue weighted by molar-refractivity contribution is 6.00. The van der Waals surface area contributed by atoms with Crippen LogP contribution in [0.2, 0.25) is 0 Å². The number of nitro benzene ring substituents is 1. The van der Waals surface area contributed by atoms with Gasteiger partial charge in [-0.05, 0) is 24.1 Å². The lowest BCUT2D eigenvalue weighted by Crippen LogP contribution is -2.17. The van der Waals surface area contributed by atoms with Crippen molar-refractivity contribution in [3.63, 3.8) is 0 Å². The molecule has 0 aliphatic carbocycles. The van der Waals surface area contributed by atoms with Crippen LogP contribution in [0.1, 0.15) is 16.7 Å². The van der Waals surface area contributed by atoms with Crippen LogP contribution in [0.5, 0.6) is 5.75 Å². The Hall–Kier alpha value is -3.41. The van der Waals surface area contributed by atoms with Crippen LogP contribution in [0.4, 0.5) is 5.69 Å². The Balaban J connectivity index is 2.41. The van der Waals surface area contributed by atoms with Gasteiger partial charge in [0.05, 0.1) is 29.2 Å². The molecule has 0 unspecified atom stereocenters. The lowest BCUT2D eigenvalue weighted by molar-refractivity contribution is -0.385. The summed E-state index contributed by atoms with van der Waals surface area (Å²) < 4.78 is 6.79. The van der Waals surface area contributed by atoms with E-state index in [0.717, 1.165) is 5.56 Å². The number of aryl methyl sites for hydroxylation is 2. The van der Waals surface area contributed by atoms with Crippen LogP contribution < -0.4 is 10.3 Å². The molecule has 0 radical (unpaired) electrons. The first-order valence-electron chi connectivity index (χ1n) is 8.03. The normalized spacial score (nSPS) is 11.2. The molecule has 2 aromatic carbocycles. The number of pyridine rings is 1. The highest BCUT2D eigenvalue weighted by Gasteiger charge is 2.22. The number of hydrogen-bond acceptors (Lipinski definition) is 4. The average Bonchev–Trinajstić information content (AvgIpc) is 2.64. The Morgan fingerprint density at radius 1 is 1.15 bits per heavy atom. The van der Waals surface area contributed by atoms with Gasteiger partial charge in [0.25, 0.3) is 11.2 Å². The number of aromatic nitrogens is 1. The minimum atomic E-state index is -0.433. The Bertz CT molecular complexity index is 1080. The first-order chi connectivity index (χ1) is 12.4. The van der Waals surface area contributed by atoms with Crippen molar-refractivity contribution in [1.82, 2.24) is 4.57 Å². The predicted octanol–water partition coefficient (Wildman–Crippen LogP) is 3.93. The lowest BCUT2D eigenvalue weighted by atomic mass is 9.99. The first-order valence-corrected chi connectivity index (χ1v) is 8.03. The van der Waals surface area contributed by atoms with Crippen molar-refractivity contribution in [2.45, 2.75) is 6.92 Å². The van der Waals surface area contributed by atoms with Gasteiger partial charge in [0, 0.05) is 18.5 Å². The number of fused-ring (bicyclic) bond motifs is 1. The second-order valence-electron chi connectivity index (χ2n) is 5.96. The summed E-state index contributed by atoms with van der Waals surface area (Å²) in [6, 6.07) is 12.4. The van der Waals surface area contributed by atoms with Crippen molar-refractivity contribution in [2.24, 2.45) is 7.05 Å². The van der Waals surface area contributed by atoms with Crippen molar-refractivity contribution in [1.29, 1.82) is 0 Å². The van der Waals surface area contributed by atoms with E-state index in [2.05, 4.69) is 0 Å². The molecule has 1 heterocycles. The van der Waals surface area contributed by atoms with Crippen LogP contribution in [0.3, 0.4) is 0 Å². The summed E-state index contributed by atoms with van der Waals surface area (Å²) in [6.07, 6.45) is 3.53. The van der Waals surface area contributed by atoms with Gasteiger partial charge in [-0.15, -0.1) is 0 Å². The Morgan fingerprint density at radius 2 is 1.85 bits per heavy atom. The standard InChI is InChI=1S/C20H18N2O4/c1-13-11-18(23)21(2)20-17(26-3)12-16(22(24)25)15(19(13)20)10-9-14-7-5-4-6-8-14/h4-12H,1-3H3/b10-9+. The summed E-state index contributed by atoms with van der Waals surface area (Å²) in [7, 11) is 3.06. The van der Waals surface area contributed by atoms with E-state index in [4.69, 9.17) is 4.74 Å². The third-order valence-corrected chi connectivity index (χ3v) is 4.34. The van der Waals surface area contributed by atoms with Crippen LogP contribution in [0, 0.1) is 17.0 Å². The fourth-order valence-corrected chi connectivity index (χ4v) is 3.06. The molecule has 1 aromatic heterocycles. The molecule has 0 bridgehead atoms. The zero-order chi connectivity index (χ0) is 18.8. The second kappa shape index (κ2) is 6.84. The Kier molecular flexibility index (Phi) is 4.58. The van der Waals surface area contributed by atoms with Crippen LogP contribution >= 0.6 is 0 Å². The molecule has 0 aliphatic heterocycles. The minimum Gasteiger partial charge on any atom is -0.494 e. The van der Waals surface area contributed by atoms with E-state index in [9.17, 15) is 14.9 Å². The number of benzene rings is 2. The van der Waals surface area contributed by atoms with Crippen molar-refractivity contribution < 1.29 is 9.66 Å². The van der Waals surface area contributed by atoms with Gasteiger partial charge in [-0.1, -0.05) is 36.4 Å². The van der Waals surface area contributed by atoms with E-state index in [1.54, 1.807) is 20.0 Å². The average molecular weight is 350 g/mol. The van der Waals surface area contributed by atoms with Crippen molar-refractivity contribution in [3.05, 3.63) is 79.6 Å². The molecule has 26 heavy (non-hydrogen) atoms. The molecule has 0 fully saturated rings. The summed E-state index contributed by atoms with van der Waals surface area (Å²) >= 11 is 0. The lowest BCUT2D eigenvalue weighted by Gasteiger charge is -2.14. The molecule has 0 N–H and O–H groups in total. The summed E-state index contributed by atoms with van der Waals surface area (Å²) in [5, 5.41) is 12.3. The molecular formula is C20H18N2O4. The van der Waals surface area contributed by atoms with E-state index < -0.39 is 4.92 Å². The third kappa shape index (κ3) is 2.97. The fourth-order valence-electron chi connectivity index (χ4n) is 3.06. The fraction of sp³-hybridized carbons (Fsp3) is 0.150. The SMILES string of the molecule is COc1cc([N+](=O)[O-])c(/C=C/c2ccccc2)c2c(C)cc(=O)n(C)c12. The van der Waals surface area contributed by atoms with Gasteiger partial charge in [0.15, 0.2) is 0 Å². The molecule has 0 amide bonds. The van der Waals surface area contributed by atoms with E-state index in [1.165, 1.54) is 23.8 Å². The third-order valence-electron chi connectivity index (χ3n) is 4.34. The first kappa shape index (κ1) is 17.4. The smallest absolute Gasteiger partial charge is 0.281 e. The molecule has 0 spiro atoms. The highest BCUT2D eigenvalue weighted by atomic mass is 16.6. The molecule has 0 saturated heterocycles. The number of hydrogen-bond donors (Lipinski definition) is 0. The molecule has 6 heteroatoms. The van der Waals surface area contributed by atoms with E-state index in [1.807, 2.05) is 36.4 Å². The summed E-state index contributed by atoms with van der Waals surface area (Å²) in [6.45, 7) is 1.77. The molecule has 6 nitrogen and oxygen atoms in total. The van der Waals surface area contributed by atoms with Gasteiger partial charge in [0.2, 0.25) is 0 Å². The quantitative estimate of drug-likeness (QED) is 0.406. The Morgan fingerprint density at radius 3 is 2.46 bits per heavy atom. The van der Waals surface area contributed by atoms with Crippen molar-refractivity contribution in [2.75, 3.05) is 7.11 Å². The van der Waals surface area contributed by atoms with Crippen LogP contribution in [0.25, 0.3) is 23.1 Å². The molecule has 0 atom stereocenters. The zero-order valence-corrected chi connectivity index (χ0v) is 14.7. The van der Waals surface area contributed by atoms with Crippen LogP contribution in [-0.2, 0) is 7.05 Å². The highest BCUT2D eigenvalue weighted by Crippen LogP contribution is 2.37. The zero-order valence-electron chi connectivity index (χ0n) is 14.7.